The molecule has 2 unspecified atom stereocenters. The first-order valence-electron chi connectivity index (χ1n) is 5.69. The van der Waals surface area contributed by atoms with Crippen molar-refractivity contribution in [2.45, 2.75) is 39.2 Å². The highest BCUT2D eigenvalue weighted by Gasteiger charge is 2.47. The van der Waals surface area contributed by atoms with E-state index in [1.807, 2.05) is 6.92 Å². The smallest absolute Gasteiger partial charge is 0.141 e. The number of aromatic nitrogens is 1. The van der Waals surface area contributed by atoms with E-state index in [9.17, 15) is 14.8 Å². The van der Waals surface area contributed by atoms with E-state index in [0.29, 0.717) is 18.5 Å². The molecule has 0 amide bonds. The lowest BCUT2D eigenvalue weighted by Crippen LogP contribution is -2.43. The lowest BCUT2D eigenvalue weighted by Gasteiger charge is -2.38. The largest absolute Gasteiger partial charge is 0.382 e. The van der Waals surface area contributed by atoms with Gasteiger partial charge in [-0.2, -0.15) is 5.26 Å². The molecule has 3 nitrogen and oxygen atoms in total. The summed E-state index contributed by atoms with van der Waals surface area (Å²) < 4.78 is 12.8. The second kappa shape index (κ2) is 4.80. The number of nitriles is 1. The number of pyridine rings is 1. The van der Waals surface area contributed by atoms with E-state index in [-0.39, 0.29) is 0 Å². The van der Waals surface area contributed by atoms with E-state index < -0.39 is 16.8 Å². The third-order valence-corrected chi connectivity index (χ3v) is 3.53. The first-order chi connectivity index (χ1) is 7.93. The Balaban J connectivity index is 3.30. The van der Waals surface area contributed by atoms with Crippen molar-refractivity contribution < 1.29 is 9.50 Å². The molecule has 1 heterocycles. The molecule has 1 N–H and O–H groups in total. The SMILES string of the molecule is CCC(C)(C#N)C(O)(CC)c1ccc(F)cn1. The first kappa shape index (κ1) is 13.6. The van der Waals surface area contributed by atoms with Gasteiger partial charge in [0.25, 0.3) is 0 Å². The standard InChI is InChI=1S/C13H17FN2O/c1-4-12(3,9-15)13(17,5-2)11-7-6-10(14)8-16-11/h6-8,17H,4-5H2,1-3H3. The maximum Gasteiger partial charge on any atom is 0.141 e. The number of aliphatic hydroxyl groups is 1. The zero-order valence-electron chi connectivity index (χ0n) is 10.4. The molecule has 0 saturated heterocycles. The van der Waals surface area contributed by atoms with Crippen molar-refractivity contribution in [2.75, 3.05) is 0 Å². The quantitative estimate of drug-likeness (QED) is 0.874. The van der Waals surface area contributed by atoms with Gasteiger partial charge in [-0.3, -0.25) is 4.98 Å². The molecule has 0 spiro atoms. The third kappa shape index (κ3) is 2.16. The molecular weight excluding hydrogens is 219 g/mol. The van der Waals surface area contributed by atoms with Crippen LogP contribution in [0.25, 0.3) is 0 Å². The van der Waals surface area contributed by atoms with E-state index in [1.165, 1.54) is 12.1 Å². The third-order valence-electron chi connectivity index (χ3n) is 3.53. The summed E-state index contributed by atoms with van der Waals surface area (Å²) in [4.78, 5) is 3.91. The van der Waals surface area contributed by atoms with Gasteiger partial charge in [0, 0.05) is 0 Å². The Bertz CT molecular complexity index is 426. The second-order valence-corrected chi connectivity index (χ2v) is 4.37. The topological polar surface area (TPSA) is 56.9 Å². The highest BCUT2D eigenvalue weighted by Crippen LogP contribution is 2.43. The van der Waals surface area contributed by atoms with Crippen LogP contribution >= 0.6 is 0 Å². The molecule has 2 atom stereocenters. The molecule has 17 heavy (non-hydrogen) atoms. The molecule has 92 valence electrons. The highest BCUT2D eigenvalue weighted by atomic mass is 19.1. The Hall–Kier alpha value is -1.47. The van der Waals surface area contributed by atoms with Crippen LogP contribution in [0.5, 0.6) is 0 Å². The van der Waals surface area contributed by atoms with Gasteiger partial charge >= 0.3 is 0 Å². The Labute approximate surface area is 101 Å². The molecule has 0 aliphatic carbocycles. The number of halogens is 1. The Morgan fingerprint density at radius 2 is 2.06 bits per heavy atom. The molecule has 4 heteroatoms. The maximum atomic E-state index is 12.8. The van der Waals surface area contributed by atoms with E-state index in [1.54, 1.807) is 13.8 Å². The van der Waals surface area contributed by atoms with Crippen molar-refractivity contribution in [3.8, 4) is 6.07 Å². The van der Waals surface area contributed by atoms with E-state index in [2.05, 4.69) is 11.1 Å². The number of hydrogen-bond acceptors (Lipinski definition) is 3. The zero-order valence-corrected chi connectivity index (χ0v) is 10.4. The lowest BCUT2D eigenvalue weighted by atomic mass is 9.69. The average Bonchev–Trinajstić information content (AvgIpc) is 2.37. The van der Waals surface area contributed by atoms with Crippen LogP contribution in [0.2, 0.25) is 0 Å². The Morgan fingerprint density at radius 3 is 2.41 bits per heavy atom. The summed E-state index contributed by atoms with van der Waals surface area (Å²) in [5.41, 5.74) is -1.95. The zero-order chi connectivity index (χ0) is 13.1. The molecule has 0 fully saturated rings. The van der Waals surface area contributed by atoms with Crippen LogP contribution < -0.4 is 0 Å². The van der Waals surface area contributed by atoms with Crippen LogP contribution in [0.3, 0.4) is 0 Å². The van der Waals surface area contributed by atoms with Crippen molar-refractivity contribution in [3.63, 3.8) is 0 Å². The van der Waals surface area contributed by atoms with Crippen molar-refractivity contribution in [1.82, 2.24) is 4.98 Å². The molecule has 0 saturated carbocycles. The van der Waals surface area contributed by atoms with Crippen molar-refractivity contribution in [3.05, 3.63) is 29.8 Å². The van der Waals surface area contributed by atoms with Crippen LogP contribution in [0, 0.1) is 22.6 Å². The van der Waals surface area contributed by atoms with Gasteiger partial charge in [0.05, 0.1) is 23.4 Å². The van der Waals surface area contributed by atoms with Gasteiger partial charge in [0.1, 0.15) is 11.4 Å². The molecule has 0 aliphatic rings. The second-order valence-electron chi connectivity index (χ2n) is 4.37. The molecule has 0 bridgehead atoms. The Morgan fingerprint density at radius 1 is 1.41 bits per heavy atom. The minimum absolute atomic E-state index is 0.340. The summed E-state index contributed by atoms with van der Waals surface area (Å²) in [5.74, 6) is -0.456. The van der Waals surface area contributed by atoms with Gasteiger partial charge in [-0.1, -0.05) is 13.8 Å². The fraction of sp³-hybridized carbons (Fsp3) is 0.538. The van der Waals surface area contributed by atoms with E-state index >= 15 is 0 Å². The predicted octanol–water partition coefficient (Wildman–Crippen LogP) is 2.76. The normalized spacial score (nSPS) is 17.9. The maximum absolute atomic E-state index is 12.8. The van der Waals surface area contributed by atoms with Crippen LogP contribution in [0.1, 0.15) is 39.3 Å². The monoisotopic (exact) mass is 236 g/mol. The molecular formula is C13H17FN2O. The van der Waals surface area contributed by atoms with Crippen LogP contribution in [-0.2, 0) is 5.60 Å². The molecule has 0 aromatic carbocycles. The van der Waals surface area contributed by atoms with Crippen molar-refractivity contribution >= 4 is 0 Å². The van der Waals surface area contributed by atoms with Crippen LogP contribution in [0.15, 0.2) is 18.3 Å². The van der Waals surface area contributed by atoms with Crippen LogP contribution in [-0.4, -0.2) is 10.1 Å². The van der Waals surface area contributed by atoms with Gasteiger partial charge in [-0.25, -0.2) is 4.39 Å². The van der Waals surface area contributed by atoms with Gasteiger partial charge < -0.3 is 5.11 Å². The molecule has 1 rings (SSSR count). The summed E-state index contributed by atoms with van der Waals surface area (Å²) in [6.07, 6.45) is 1.90. The minimum atomic E-state index is -1.36. The van der Waals surface area contributed by atoms with E-state index in [4.69, 9.17) is 0 Å². The molecule has 1 aromatic heterocycles. The number of hydrogen-bond donors (Lipinski definition) is 1. The summed E-state index contributed by atoms with van der Waals surface area (Å²) in [6.45, 7) is 5.32. The first-order valence-corrected chi connectivity index (χ1v) is 5.69. The average molecular weight is 236 g/mol. The summed E-state index contributed by atoms with van der Waals surface area (Å²) in [7, 11) is 0. The van der Waals surface area contributed by atoms with Crippen molar-refractivity contribution in [1.29, 1.82) is 5.26 Å². The molecule has 0 aliphatic heterocycles. The van der Waals surface area contributed by atoms with Crippen molar-refractivity contribution in [2.24, 2.45) is 5.41 Å². The highest BCUT2D eigenvalue weighted by molar-refractivity contribution is 5.22. The lowest BCUT2D eigenvalue weighted by molar-refractivity contribution is -0.0623. The minimum Gasteiger partial charge on any atom is -0.382 e. The van der Waals surface area contributed by atoms with Gasteiger partial charge in [-0.15, -0.1) is 0 Å². The number of nitrogens with zero attached hydrogens (tertiary/aromatic N) is 2. The summed E-state index contributed by atoms with van der Waals surface area (Å²) >= 11 is 0. The summed E-state index contributed by atoms with van der Waals surface area (Å²) in [6, 6.07) is 4.83. The fourth-order valence-electron chi connectivity index (χ4n) is 1.94. The Kier molecular flexibility index (Phi) is 3.84. The number of rotatable bonds is 4. The fourth-order valence-corrected chi connectivity index (χ4v) is 1.94. The van der Waals surface area contributed by atoms with Gasteiger partial charge in [0.15, 0.2) is 0 Å². The van der Waals surface area contributed by atoms with E-state index in [0.717, 1.165) is 6.20 Å². The van der Waals surface area contributed by atoms with Crippen LogP contribution in [0.4, 0.5) is 4.39 Å². The van der Waals surface area contributed by atoms with Gasteiger partial charge in [-0.05, 0) is 31.9 Å². The van der Waals surface area contributed by atoms with Gasteiger partial charge in [0.2, 0.25) is 0 Å². The molecule has 0 radical (unpaired) electrons. The molecule has 1 aromatic rings. The predicted molar refractivity (Wildman–Crippen MR) is 62.4 cm³/mol. The summed E-state index contributed by atoms with van der Waals surface area (Å²) in [5, 5.41) is 19.9.